The van der Waals surface area contributed by atoms with E-state index in [0.29, 0.717) is 16.3 Å². The molecule has 1 aliphatic rings. The van der Waals surface area contributed by atoms with E-state index in [4.69, 9.17) is 11.6 Å². The Hall–Kier alpha value is -2.13. The molecule has 0 atom stereocenters. The molecule has 1 N–H and O–H groups in total. The van der Waals surface area contributed by atoms with E-state index in [9.17, 15) is 9.59 Å². The third kappa shape index (κ3) is 1.60. The molecule has 0 saturated heterocycles. The number of hydrogen-bond acceptors (Lipinski definition) is 2. The molecular formula is C14H8ClNO2. The predicted molar refractivity (Wildman–Crippen MR) is 69.8 cm³/mol. The van der Waals surface area contributed by atoms with Gasteiger partial charge in [-0.15, -0.1) is 0 Å². The molecule has 18 heavy (non-hydrogen) atoms. The highest BCUT2D eigenvalue weighted by Crippen LogP contribution is 2.32. The van der Waals surface area contributed by atoms with Crippen LogP contribution in [0.2, 0.25) is 5.02 Å². The third-order valence-electron chi connectivity index (χ3n) is 2.90. The Morgan fingerprint density at radius 3 is 2.50 bits per heavy atom. The van der Waals surface area contributed by atoms with Gasteiger partial charge in [-0.25, -0.2) is 0 Å². The number of hydrogen-bond donors (Lipinski definition) is 1. The summed E-state index contributed by atoms with van der Waals surface area (Å²) >= 11 is 6.11. The van der Waals surface area contributed by atoms with Gasteiger partial charge in [0.25, 0.3) is 11.7 Å². The molecule has 2 aromatic carbocycles. The van der Waals surface area contributed by atoms with Gasteiger partial charge in [-0.2, -0.15) is 0 Å². The summed E-state index contributed by atoms with van der Waals surface area (Å²) < 4.78 is 0. The zero-order chi connectivity index (χ0) is 12.7. The Labute approximate surface area is 108 Å². The fourth-order valence-corrected chi connectivity index (χ4v) is 2.25. The fourth-order valence-electron chi connectivity index (χ4n) is 2.01. The molecule has 88 valence electrons. The number of carbonyl (C=O) groups excluding carboxylic acids is 2. The van der Waals surface area contributed by atoms with Crippen LogP contribution in [0.1, 0.15) is 10.4 Å². The third-order valence-corrected chi connectivity index (χ3v) is 3.23. The average molecular weight is 258 g/mol. The van der Waals surface area contributed by atoms with Crippen LogP contribution in [0.4, 0.5) is 5.69 Å². The van der Waals surface area contributed by atoms with E-state index in [0.717, 1.165) is 11.1 Å². The zero-order valence-corrected chi connectivity index (χ0v) is 9.99. The van der Waals surface area contributed by atoms with Crippen molar-refractivity contribution in [2.24, 2.45) is 0 Å². The topological polar surface area (TPSA) is 46.2 Å². The average Bonchev–Trinajstić information content (AvgIpc) is 2.66. The van der Waals surface area contributed by atoms with E-state index in [1.807, 2.05) is 24.3 Å². The molecule has 3 nitrogen and oxygen atoms in total. The van der Waals surface area contributed by atoms with Crippen LogP contribution < -0.4 is 5.32 Å². The Bertz CT molecular complexity index is 679. The van der Waals surface area contributed by atoms with Crippen LogP contribution in [0.3, 0.4) is 0 Å². The van der Waals surface area contributed by atoms with E-state index in [1.54, 1.807) is 18.2 Å². The van der Waals surface area contributed by atoms with Crippen molar-refractivity contribution in [2.45, 2.75) is 0 Å². The monoisotopic (exact) mass is 257 g/mol. The van der Waals surface area contributed by atoms with Crippen LogP contribution in [-0.2, 0) is 4.79 Å². The van der Waals surface area contributed by atoms with Gasteiger partial charge in [0, 0.05) is 10.6 Å². The minimum absolute atomic E-state index is 0.400. The predicted octanol–water partition coefficient (Wildman–Crippen LogP) is 3.14. The van der Waals surface area contributed by atoms with Gasteiger partial charge in [0.05, 0.1) is 11.3 Å². The molecule has 0 aliphatic carbocycles. The SMILES string of the molecule is O=C1Nc2ccc(-c3ccccc3Cl)cc2C1=O. The van der Waals surface area contributed by atoms with Crippen LogP contribution in [0.5, 0.6) is 0 Å². The molecule has 0 saturated carbocycles. The second-order valence-electron chi connectivity index (χ2n) is 4.02. The van der Waals surface area contributed by atoms with E-state index < -0.39 is 11.7 Å². The zero-order valence-electron chi connectivity index (χ0n) is 9.24. The minimum atomic E-state index is -0.582. The summed E-state index contributed by atoms with van der Waals surface area (Å²) in [6, 6.07) is 12.6. The normalized spacial score (nSPS) is 13.4. The first kappa shape index (κ1) is 11.0. The van der Waals surface area contributed by atoms with E-state index in [2.05, 4.69) is 5.32 Å². The van der Waals surface area contributed by atoms with Gasteiger partial charge in [-0.1, -0.05) is 35.9 Å². The lowest BCUT2D eigenvalue weighted by atomic mass is 10.0. The maximum Gasteiger partial charge on any atom is 0.296 e. The van der Waals surface area contributed by atoms with E-state index >= 15 is 0 Å². The molecule has 4 heteroatoms. The van der Waals surface area contributed by atoms with Crippen molar-refractivity contribution in [1.82, 2.24) is 0 Å². The van der Waals surface area contributed by atoms with Crippen LogP contribution in [-0.4, -0.2) is 11.7 Å². The van der Waals surface area contributed by atoms with Gasteiger partial charge in [0.1, 0.15) is 0 Å². The van der Waals surface area contributed by atoms with Crippen LogP contribution in [0.25, 0.3) is 11.1 Å². The number of benzene rings is 2. The Morgan fingerprint density at radius 2 is 1.72 bits per heavy atom. The lowest BCUT2D eigenvalue weighted by Crippen LogP contribution is -2.12. The number of Topliss-reactive ketones (excluding diaryl/α,β-unsaturated/α-hetero) is 1. The highest BCUT2D eigenvalue weighted by Gasteiger charge is 2.28. The number of fused-ring (bicyclic) bond motifs is 1. The molecule has 0 radical (unpaired) electrons. The molecule has 1 aliphatic heterocycles. The van der Waals surface area contributed by atoms with Crippen molar-refractivity contribution in [3.05, 3.63) is 53.1 Å². The van der Waals surface area contributed by atoms with Gasteiger partial charge < -0.3 is 5.32 Å². The van der Waals surface area contributed by atoms with Crippen molar-refractivity contribution in [2.75, 3.05) is 5.32 Å². The largest absolute Gasteiger partial charge is 0.318 e. The van der Waals surface area contributed by atoms with Crippen LogP contribution >= 0.6 is 11.6 Å². The summed E-state index contributed by atoms with van der Waals surface area (Å²) in [5.41, 5.74) is 2.62. The number of amides is 1. The molecule has 0 fully saturated rings. The molecule has 3 rings (SSSR count). The van der Waals surface area contributed by atoms with E-state index in [1.165, 1.54) is 0 Å². The van der Waals surface area contributed by atoms with Crippen molar-refractivity contribution in [1.29, 1.82) is 0 Å². The second kappa shape index (κ2) is 3.96. The number of anilines is 1. The van der Waals surface area contributed by atoms with Crippen molar-refractivity contribution < 1.29 is 9.59 Å². The van der Waals surface area contributed by atoms with Crippen LogP contribution in [0.15, 0.2) is 42.5 Å². The summed E-state index contributed by atoms with van der Waals surface area (Å²) in [5.74, 6) is -1.08. The van der Waals surface area contributed by atoms with E-state index in [-0.39, 0.29) is 0 Å². The standard InChI is InChI=1S/C14H8ClNO2/c15-11-4-2-1-3-9(11)8-5-6-12-10(7-8)13(17)14(18)16-12/h1-7H,(H,16,17,18). The number of nitrogens with one attached hydrogen (secondary N) is 1. The Kier molecular flexibility index (Phi) is 2.42. The van der Waals surface area contributed by atoms with Crippen molar-refractivity contribution in [3.63, 3.8) is 0 Å². The van der Waals surface area contributed by atoms with Gasteiger partial charge in [-0.3, -0.25) is 9.59 Å². The molecule has 2 aromatic rings. The Balaban J connectivity index is 2.15. The Morgan fingerprint density at radius 1 is 0.944 bits per heavy atom. The minimum Gasteiger partial charge on any atom is -0.318 e. The van der Waals surface area contributed by atoms with Gasteiger partial charge >= 0.3 is 0 Å². The lowest BCUT2D eigenvalue weighted by Gasteiger charge is -2.05. The maximum atomic E-state index is 11.6. The van der Waals surface area contributed by atoms with Crippen molar-refractivity contribution >= 4 is 29.0 Å². The molecule has 1 amide bonds. The quantitative estimate of drug-likeness (QED) is 0.798. The summed E-state index contributed by atoms with van der Waals surface area (Å²) in [7, 11) is 0. The molecule has 0 spiro atoms. The van der Waals surface area contributed by atoms with Gasteiger partial charge in [0.15, 0.2) is 0 Å². The highest BCUT2D eigenvalue weighted by molar-refractivity contribution is 6.51. The summed E-state index contributed by atoms with van der Waals surface area (Å²) in [6.45, 7) is 0. The summed E-state index contributed by atoms with van der Waals surface area (Å²) in [4.78, 5) is 22.9. The number of halogens is 1. The number of rotatable bonds is 1. The highest BCUT2D eigenvalue weighted by atomic mass is 35.5. The first-order chi connectivity index (χ1) is 8.66. The number of ketones is 1. The molecule has 0 aromatic heterocycles. The van der Waals surface area contributed by atoms with Crippen molar-refractivity contribution in [3.8, 4) is 11.1 Å². The molecular weight excluding hydrogens is 250 g/mol. The second-order valence-corrected chi connectivity index (χ2v) is 4.43. The van der Waals surface area contributed by atoms with Gasteiger partial charge in [0.2, 0.25) is 0 Å². The maximum absolute atomic E-state index is 11.6. The molecule has 0 bridgehead atoms. The fraction of sp³-hybridized carbons (Fsp3) is 0. The smallest absolute Gasteiger partial charge is 0.296 e. The first-order valence-corrected chi connectivity index (χ1v) is 5.79. The molecule has 0 unspecified atom stereocenters. The number of carbonyl (C=O) groups is 2. The first-order valence-electron chi connectivity index (χ1n) is 5.41. The lowest BCUT2D eigenvalue weighted by molar-refractivity contribution is -0.112. The molecule has 1 heterocycles. The summed E-state index contributed by atoms with van der Waals surface area (Å²) in [6.07, 6.45) is 0. The van der Waals surface area contributed by atoms with Crippen LogP contribution in [0, 0.1) is 0 Å². The van der Waals surface area contributed by atoms with Gasteiger partial charge in [-0.05, 0) is 23.8 Å². The summed E-state index contributed by atoms with van der Waals surface area (Å²) in [5, 5.41) is 3.13.